The number of hydrogen-bond acceptors (Lipinski definition) is 6. The molecule has 1 N–H and O–H groups in total. The second-order valence-electron chi connectivity index (χ2n) is 5.08. The quantitative estimate of drug-likeness (QED) is 0.451. The fraction of sp³-hybridized carbons (Fsp3) is 0.176. The van der Waals surface area contributed by atoms with Crippen LogP contribution < -0.4 is 10.1 Å². The van der Waals surface area contributed by atoms with E-state index in [1.807, 2.05) is 0 Å². The highest BCUT2D eigenvalue weighted by molar-refractivity contribution is 6.31. The van der Waals surface area contributed by atoms with Gasteiger partial charge in [-0.2, -0.15) is 0 Å². The van der Waals surface area contributed by atoms with Gasteiger partial charge in [0.2, 0.25) is 0 Å². The molecule has 0 bridgehead atoms. The number of nitrogens with zero attached hydrogens (tertiary/aromatic N) is 1. The van der Waals surface area contributed by atoms with Crippen LogP contribution in [0.4, 0.5) is 5.69 Å². The minimum absolute atomic E-state index is 0.142. The van der Waals surface area contributed by atoms with Gasteiger partial charge in [-0.15, -0.1) is 0 Å². The number of para-hydroxylation sites is 1. The van der Waals surface area contributed by atoms with Crippen molar-refractivity contribution >= 4 is 29.2 Å². The van der Waals surface area contributed by atoms with Crippen LogP contribution in [0.25, 0.3) is 0 Å². The maximum Gasteiger partial charge on any atom is 0.345 e. The maximum absolute atomic E-state index is 12.0. The van der Waals surface area contributed by atoms with Gasteiger partial charge in [0.15, 0.2) is 6.61 Å². The van der Waals surface area contributed by atoms with E-state index in [9.17, 15) is 19.7 Å². The predicted molar refractivity (Wildman–Crippen MR) is 93.2 cm³/mol. The molecule has 1 amide bonds. The van der Waals surface area contributed by atoms with Crippen LogP contribution in [0.3, 0.4) is 0 Å². The molecular weight excluding hydrogens is 364 g/mol. The van der Waals surface area contributed by atoms with Crippen LogP contribution >= 0.6 is 11.6 Å². The van der Waals surface area contributed by atoms with E-state index in [4.69, 9.17) is 21.1 Å². The Labute approximate surface area is 153 Å². The molecule has 2 rings (SSSR count). The van der Waals surface area contributed by atoms with Gasteiger partial charge in [-0.3, -0.25) is 14.9 Å². The molecule has 0 heterocycles. The van der Waals surface area contributed by atoms with E-state index in [0.29, 0.717) is 5.75 Å². The summed E-state index contributed by atoms with van der Waals surface area (Å²) in [5, 5.41) is 13.7. The summed E-state index contributed by atoms with van der Waals surface area (Å²) < 4.78 is 10.0. The standard InChI is InChI=1S/C17H15ClN2O6/c1-25-15-5-3-2-4-11(15)9-19-16(21)10-26-17(22)13-8-12(18)6-7-14(13)20(23)24/h2-8H,9-10H2,1H3,(H,19,21). The Morgan fingerprint density at radius 3 is 2.65 bits per heavy atom. The zero-order valence-electron chi connectivity index (χ0n) is 13.7. The van der Waals surface area contributed by atoms with E-state index < -0.39 is 29.1 Å². The zero-order valence-corrected chi connectivity index (χ0v) is 14.5. The topological polar surface area (TPSA) is 108 Å². The lowest BCUT2D eigenvalue weighted by atomic mass is 10.2. The molecule has 9 heteroatoms. The molecule has 0 fully saturated rings. The van der Waals surface area contributed by atoms with Crippen molar-refractivity contribution in [2.45, 2.75) is 6.54 Å². The number of nitro benzene ring substituents is 1. The molecule has 8 nitrogen and oxygen atoms in total. The number of halogens is 1. The first-order valence-corrected chi connectivity index (χ1v) is 7.80. The number of amides is 1. The molecule has 0 aliphatic rings. The molecule has 0 aliphatic heterocycles. The van der Waals surface area contributed by atoms with Crippen LogP contribution in [-0.2, 0) is 16.1 Å². The summed E-state index contributed by atoms with van der Waals surface area (Å²) in [6.45, 7) is -0.407. The monoisotopic (exact) mass is 378 g/mol. The Morgan fingerprint density at radius 2 is 1.96 bits per heavy atom. The highest BCUT2D eigenvalue weighted by Crippen LogP contribution is 2.23. The fourth-order valence-electron chi connectivity index (χ4n) is 2.13. The van der Waals surface area contributed by atoms with Crippen molar-refractivity contribution in [2.75, 3.05) is 13.7 Å². The summed E-state index contributed by atoms with van der Waals surface area (Å²) in [5.41, 5.74) is -0.0194. The Balaban J connectivity index is 1.94. The first kappa shape index (κ1) is 19.2. The van der Waals surface area contributed by atoms with Gasteiger partial charge in [0, 0.05) is 23.2 Å². The van der Waals surface area contributed by atoms with Crippen LogP contribution in [0.5, 0.6) is 5.75 Å². The molecule has 0 saturated carbocycles. The largest absolute Gasteiger partial charge is 0.496 e. The summed E-state index contributed by atoms with van der Waals surface area (Å²) in [5.74, 6) is -0.958. The third-order valence-corrected chi connectivity index (χ3v) is 3.61. The van der Waals surface area contributed by atoms with Gasteiger partial charge >= 0.3 is 5.97 Å². The number of methoxy groups -OCH3 is 1. The minimum Gasteiger partial charge on any atom is -0.496 e. The summed E-state index contributed by atoms with van der Waals surface area (Å²) in [6.07, 6.45) is 0. The number of hydrogen-bond donors (Lipinski definition) is 1. The zero-order chi connectivity index (χ0) is 19.1. The van der Waals surface area contributed by atoms with Crippen molar-refractivity contribution < 1.29 is 24.0 Å². The molecule has 0 spiro atoms. The van der Waals surface area contributed by atoms with Crippen molar-refractivity contribution in [3.8, 4) is 5.75 Å². The minimum atomic E-state index is -1.01. The molecule has 2 aromatic carbocycles. The van der Waals surface area contributed by atoms with Crippen LogP contribution in [0, 0.1) is 10.1 Å². The van der Waals surface area contributed by atoms with E-state index in [1.54, 1.807) is 24.3 Å². The Bertz CT molecular complexity index is 840. The van der Waals surface area contributed by atoms with Gasteiger partial charge in [0.05, 0.1) is 12.0 Å². The molecule has 0 radical (unpaired) electrons. The average molecular weight is 379 g/mol. The number of nitrogens with one attached hydrogen (secondary N) is 1. The van der Waals surface area contributed by atoms with E-state index in [1.165, 1.54) is 13.2 Å². The average Bonchev–Trinajstić information content (AvgIpc) is 2.64. The van der Waals surface area contributed by atoms with E-state index in [0.717, 1.165) is 17.7 Å². The number of esters is 1. The van der Waals surface area contributed by atoms with E-state index >= 15 is 0 Å². The molecule has 136 valence electrons. The molecule has 0 unspecified atom stereocenters. The number of carbonyl (C=O) groups is 2. The highest BCUT2D eigenvalue weighted by atomic mass is 35.5. The number of ether oxygens (including phenoxy) is 2. The first-order valence-electron chi connectivity index (χ1n) is 7.42. The molecule has 0 atom stereocenters. The number of rotatable bonds is 7. The van der Waals surface area contributed by atoms with Gasteiger partial charge < -0.3 is 14.8 Å². The SMILES string of the molecule is COc1ccccc1CNC(=O)COC(=O)c1cc(Cl)ccc1[N+](=O)[O-]. The van der Waals surface area contributed by atoms with Crippen molar-refractivity contribution in [2.24, 2.45) is 0 Å². The lowest BCUT2D eigenvalue weighted by molar-refractivity contribution is -0.385. The van der Waals surface area contributed by atoms with Crippen molar-refractivity contribution in [3.05, 3.63) is 68.7 Å². The second kappa shape index (κ2) is 8.82. The predicted octanol–water partition coefficient (Wildman–Crippen LogP) is 2.73. The Morgan fingerprint density at radius 1 is 1.23 bits per heavy atom. The lowest BCUT2D eigenvalue weighted by Crippen LogP contribution is -2.28. The summed E-state index contributed by atoms with van der Waals surface area (Å²) >= 11 is 5.75. The van der Waals surface area contributed by atoms with E-state index in [2.05, 4.69) is 5.32 Å². The molecule has 0 saturated heterocycles. The van der Waals surface area contributed by atoms with Gasteiger partial charge in [0.25, 0.3) is 11.6 Å². The lowest BCUT2D eigenvalue weighted by Gasteiger charge is -2.10. The van der Waals surface area contributed by atoms with Crippen LogP contribution in [-0.4, -0.2) is 30.5 Å². The Kier molecular flexibility index (Phi) is 6.51. The third kappa shape index (κ3) is 4.93. The van der Waals surface area contributed by atoms with E-state index in [-0.39, 0.29) is 17.1 Å². The molecule has 2 aromatic rings. The van der Waals surface area contributed by atoms with Gasteiger partial charge in [-0.05, 0) is 18.2 Å². The molecule has 0 aliphatic carbocycles. The normalized spacial score (nSPS) is 10.1. The second-order valence-corrected chi connectivity index (χ2v) is 5.52. The number of benzene rings is 2. The number of nitro groups is 1. The van der Waals surface area contributed by atoms with Crippen molar-refractivity contribution in [1.82, 2.24) is 5.32 Å². The van der Waals surface area contributed by atoms with Crippen LogP contribution in [0.1, 0.15) is 15.9 Å². The Hall–Kier alpha value is -3.13. The smallest absolute Gasteiger partial charge is 0.345 e. The fourth-order valence-corrected chi connectivity index (χ4v) is 2.31. The van der Waals surface area contributed by atoms with Crippen LogP contribution in [0.2, 0.25) is 5.02 Å². The van der Waals surface area contributed by atoms with Gasteiger partial charge in [-0.1, -0.05) is 29.8 Å². The maximum atomic E-state index is 12.0. The third-order valence-electron chi connectivity index (χ3n) is 3.38. The summed E-state index contributed by atoms with van der Waals surface area (Å²) in [7, 11) is 1.51. The molecular formula is C17H15ClN2O6. The van der Waals surface area contributed by atoms with Crippen LogP contribution in [0.15, 0.2) is 42.5 Å². The summed E-state index contributed by atoms with van der Waals surface area (Å²) in [6, 6.07) is 10.6. The number of carbonyl (C=O) groups excluding carboxylic acids is 2. The van der Waals surface area contributed by atoms with Crippen molar-refractivity contribution in [1.29, 1.82) is 0 Å². The van der Waals surface area contributed by atoms with Gasteiger partial charge in [0.1, 0.15) is 11.3 Å². The van der Waals surface area contributed by atoms with Gasteiger partial charge in [-0.25, -0.2) is 4.79 Å². The summed E-state index contributed by atoms with van der Waals surface area (Å²) in [4.78, 5) is 34.1. The first-order chi connectivity index (χ1) is 12.4. The highest BCUT2D eigenvalue weighted by Gasteiger charge is 2.22. The molecule has 26 heavy (non-hydrogen) atoms. The molecule has 0 aromatic heterocycles. The van der Waals surface area contributed by atoms with Crippen molar-refractivity contribution in [3.63, 3.8) is 0 Å².